The molecule has 5 aromatic rings. The normalized spacial score (nSPS) is 16.8. The number of esters is 1. The van der Waals surface area contributed by atoms with Gasteiger partial charge in [-0.15, -0.1) is 8.42 Å². The van der Waals surface area contributed by atoms with E-state index in [9.17, 15) is 26.7 Å². The lowest BCUT2D eigenvalue weighted by atomic mass is 10.0. The molecule has 2 aliphatic heterocycles. The highest BCUT2D eigenvalue weighted by Crippen LogP contribution is 2.39. The van der Waals surface area contributed by atoms with Crippen LogP contribution in [0.4, 0.5) is 17.3 Å². The molecule has 4 aliphatic rings. The van der Waals surface area contributed by atoms with E-state index >= 15 is 0 Å². The Bertz CT molecular complexity index is 3150. The van der Waals surface area contributed by atoms with Crippen molar-refractivity contribution in [1.82, 2.24) is 29.6 Å². The Hall–Kier alpha value is -6.57. The van der Waals surface area contributed by atoms with Crippen LogP contribution in [-0.4, -0.2) is 163 Å². The van der Waals surface area contributed by atoms with Crippen molar-refractivity contribution in [2.24, 2.45) is 4.40 Å². The van der Waals surface area contributed by atoms with Gasteiger partial charge in [0, 0.05) is 111 Å². The van der Waals surface area contributed by atoms with Crippen LogP contribution in [0, 0.1) is 0 Å². The van der Waals surface area contributed by atoms with Crippen molar-refractivity contribution in [3.05, 3.63) is 61.4 Å². The van der Waals surface area contributed by atoms with Crippen LogP contribution < -0.4 is 48.0 Å². The van der Waals surface area contributed by atoms with Gasteiger partial charge in [0.25, 0.3) is 0 Å². The van der Waals surface area contributed by atoms with E-state index in [0.717, 1.165) is 87.9 Å². The number of piperidine rings is 2. The highest BCUT2D eigenvalue weighted by atomic mass is 32.2. The molecular weight excluding hydrogens is 1060 g/mol. The first-order chi connectivity index (χ1) is 37.3. The predicted octanol–water partition coefficient (Wildman–Crippen LogP) is 4.78. The minimum atomic E-state index is -4.13. The van der Waals surface area contributed by atoms with Gasteiger partial charge in [-0.2, -0.15) is 4.31 Å². The zero-order valence-corrected chi connectivity index (χ0v) is 49.1. The Kier molecular flexibility index (Phi) is 19.2. The van der Waals surface area contributed by atoms with Crippen molar-refractivity contribution < 1.29 is 59.1 Å². The molecule has 3 aromatic heterocycles. The standard InChI is InChI=1S/C24H34N4O6S.C18H24N4O2.C12H19N3O4S/c1-24(2,3)34-22(29)14-35(30,31)28(16-6-7-16)17-8-10-27(11-9-17)23-18-12-20(32-4)21(33-5)13-19(18)25-15-26-23;1-23-16-9-14-15(10-17(16)24-2)19-11-20-18(14)22-7-5-13(6-8-22)21-12-3-4-12;1-12(2,3)19-11(16)13-20(17,18)15-8-6-10(7-9-15)14(4)5/h12-13,15-17H,6-11,14H2,1-5H3;9-13,21H,3-8H2,1-2H3;6-9H,1-5H3. The molecule has 2 aliphatic carbocycles. The number of aromatic nitrogens is 5. The van der Waals surface area contributed by atoms with Crippen LogP contribution in [0.3, 0.4) is 0 Å². The summed E-state index contributed by atoms with van der Waals surface area (Å²) in [6.07, 6.45) is 12.6. The Morgan fingerprint density at radius 2 is 1.09 bits per heavy atom. The number of methoxy groups -OCH3 is 4. The molecule has 0 atom stereocenters. The van der Waals surface area contributed by atoms with Crippen molar-refractivity contribution in [3.63, 3.8) is 0 Å². The van der Waals surface area contributed by atoms with Crippen LogP contribution >= 0.6 is 0 Å². The fourth-order valence-electron chi connectivity index (χ4n) is 9.37. The van der Waals surface area contributed by atoms with Gasteiger partial charge in [0.15, 0.2) is 47.2 Å². The number of pyridine rings is 1. The third kappa shape index (κ3) is 16.3. The molecule has 0 radical (unpaired) electrons. The first kappa shape index (κ1) is 60.1. The van der Waals surface area contributed by atoms with Gasteiger partial charge in [-0.1, -0.05) is 29.1 Å². The minimum absolute atomic E-state index is 0.0319. The highest BCUT2D eigenvalue weighted by molar-refractivity contribution is 7.89. The number of carbonyl (C=O) groups is 1. The van der Waals surface area contributed by atoms with Gasteiger partial charge in [-0.3, -0.25) is 4.79 Å². The van der Waals surface area contributed by atoms with Crippen molar-refractivity contribution in [2.75, 3.05) is 89.2 Å². The molecule has 2 aromatic carbocycles. The number of hydrogen-bond donors (Lipinski definition) is 1. The number of rotatable bonds is 16. The quantitative estimate of drug-likeness (QED) is 0.0603. The van der Waals surface area contributed by atoms with Crippen LogP contribution in [0.2, 0.25) is 0 Å². The van der Waals surface area contributed by atoms with E-state index in [1.165, 1.54) is 31.6 Å². The number of ether oxygens (including phenoxy) is 6. The third-order valence-corrected chi connectivity index (χ3v) is 16.3. The zero-order valence-electron chi connectivity index (χ0n) is 47.5. The molecule has 0 amide bonds. The Labute approximate surface area is 464 Å². The van der Waals surface area contributed by atoms with Gasteiger partial charge in [0.05, 0.1) is 39.5 Å². The summed E-state index contributed by atoms with van der Waals surface area (Å²) in [6.45, 7) is 13.4. The number of nitrogens with zero attached hydrogens (tertiary/aromatic N) is 10. The summed E-state index contributed by atoms with van der Waals surface area (Å²) >= 11 is 0. The van der Waals surface area contributed by atoms with Gasteiger partial charge >= 0.3 is 16.2 Å². The van der Waals surface area contributed by atoms with Crippen LogP contribution in [0.25, 0.3) is 21.8 Å². The number of fused-ring (bicyclic) bond motifs is 2. The summed E-state index contributed by atoms with van der Waals surface area (Å²) < 4.78 is 87.6. The summed E-state index contributed by atoms with van der Waals surface area (Å²) in [6, 6.07) is 12.0. The molecule has 0 unspecified atom stereocenters. The fraction of sp³-hybridized carbons (Fsp3) is 0.574. The number of nitrogens with one attached hydrogen (secondary N) is 1. The molecule has 5 heterocycles. The molecule has 0 bridgehead atoms. The topological polar surface area (TPSA) is 257 Å². The first-order valence-corrected chi connectivity index (χ1v) is 29.4. The molecule has 4 fully saturated rings. The van der Waals surface area contributed by atoms with E-state index in [-0.39, 0.29) is 12.1 Å². The summed E-state index contributed by atoms with van der Waals surface area (Å²) in [5.74, 6) is 3.04. The number of hydrogen-bond acceptors (Lipinski definition) is 20. The molecule has 25 heteroatoms. The van der Waals surface area contributed by atoms with Gasteiger partial charge in [-0.25, -0.2) is 28.4 Å². The van der Waals surface area contributed by atoms with Crippen molar-refractivity contribution in [2.45, 2.75) is 128 Å². The molecule has 2 saturated heterocycles. The lowest BCUT2D eigenvalue weighted by molar-refractivity contribution is -0.511. The largest absolute Gasteiger partial charge is 0.594 e. The summed E-state index contributed by atoms with van der Waals surface area (Å²) in [5.41, 5.74) is 0.934. The second-order valence-electron chi connectivity index (χ2n) is 22.0. The van der Waals surface area contributed by atoms with E-state index in [1.54, 1.807) is 92.7 Å². The molecular formula is C54H77N11O12S2. The molecule has 23 nitrogen and oxygen atoms in total. The second kappa shape index (κ2) is 25.3. The van der Waals surface area contributed by atoms with Crippen molar-refractivity contribution >= 4 is 71.4 Å². The van der Waals surface area contributed by atoms with E-state index in [0.29, 0.717) is 55.0 Å². The van der Waals surface area contributed by atoms with E-state index in [4.69, 9.17) is 28.4 Å². The first-order valence-electron chi connectivity index (χ1n) is 26.4. The second-order valence-corrected chi connectivity index (χ2v) is 25.4. The summed E-state index contributed by atoms with van der Waals surface area (Å²) in [4.78, 5) is 36.5. The zero-order chi connectivity index (χ0) is 57.5. The number of carbonyl (C=O) groups excluding carboxylic acids is 1. The highest BCUT2D eigenvalue weighted by Gasteiger charge is 2.44. The SMILES string of the molecule is CN(C)c1cc[n+](S(=O)(=O)N=C([O-])OC(C)(C)C)cc1.COc1cc2ncnc(N3CCC(N(C4CC4)S(=O)(=O)CC(=O)OC(C)(C)C)CC3)c2cc1OC.COc1cc2ncnc(N3CCC(NC4CC4)CC3)c2cc1OC. The molecule has 9 rings (SSSR count). The maximum atomic E-state index is 13.2. The smallest absolute Gasteiger partial charge is 0.493 e. The van der Waals surface area contributed by atoms with Gasteiger partial charge in [0.1, 0.15) is 29.9 Å². The Balaban J connectivity index is 0.000000180. The van der Waals surface area contributed by atoms with E-state index < -0.39 is 49.2 Å². The van der Waals surface area contributed by atoms with Gasteiger partial charge in [0.2, 0.25) is 10.0 Å². The fourth-order valence-corrected chi connectivity index (χ4v) is 12.0. The average Bonchev–Trinajstić information content (AvgIpc) is 4.41. The van der Waals surface area contributed by atoms with Crippen LogP contribution in [0.15, 0.2) is 65.8 Å². The van der Waals surface area contributed by atoms with E-state index in [1.807, 2.05) is 43.3 Å². The van der Waals surface area contributed by atoms with Crippen LogP contribution in [0.5, 0.6) is 23.0 Å². The monoisotopic (exact) mass is 1140 g/mol. The lowest BCUT2D eigenvalue weighted by Crippen LogP contribution is -2.50. The Morgan fingerprint density at radius 3 is 1.51 bits per heavy atom. The van der Waals surface area contributed by atoms with Gasteiger partial charge < -0.3 is 53.5 Å². The Morgan fingerprint density at radius 1 is 0.658 bits per heavy atom. The predicted molar refractivity (Wildman–Crippen MR) is 300 cm³/mol. The third-order valence-electron chi connectivity index (χ3n) is 13.3. The van der Waals surface area contributed by atoms with Crippen LogP contribution in [0.1, 0.15) is 92.9 Å². The summed E-state index contributed by atoms with van der Waals surface area (Å²) in [5, 5.41) is 17.0. The van der Waals surface area contributed by atoms with E-state index in [2.05, 4.69) is 39.5 Å². The van der Waals surface area contributed by atoms with Crippen molar-refractivity contribution in [1.29, 1.82) is 0 Å². The number of sulfonamides is 1. The molecule has 1 N–H and O–H groups in total. The summed E-state index contributed by atoms with van der Waals surface area (Å²) in [7, 11) is 2.23. The number of anilines is 3. The molecule has 432 valence electrons. The minimum Gasteiger partial charge on any atom is -0.594 e. The number of benzene rings is 2. The maximum Gasteiger partial charge on any atom is 0.493 e. The molecule has 0 spiro atoms. The van der Waals surface area contributed by atoms with Gasteiger partial charge in [-0.05, 0) is 84.3 Å². The average molecular weight is 1140 g/mol. The molecule has 79 heavy (non-hydrogen) atoms. The van der Waals surface area contributed by atoms with Crippen LogP contribution in [-0.2, 0) is 34.5 Å². The molecule has 2 saturated carbocycles. The lowest BCUT2D eigenvalue weighted by Gasteiger charge is -2.38. The maximum absolute atomic E-state index is 13.2. The van der Waals surface area contributed by atoms with Crippen molar-refractivity contribution in [3.8, 4) is 23.0 Å².